The highest BCUT2D eigenvalue weighted by Crippen LogP contribution is 2.60. The summed E-state index contributed by atoms with van der Waals surface area (Å²) in [5.74, 6) is 2.66. The molecule has 30 heavy (non-hydrogen) atoms. The molecule has 3 N–H and O–H groups in total. The van der Waals surface area contributed by atoms with E-state index in [9.17, 15) is 15.3 Å². The lowest BCUT2D eigenvalue weighted by Gasteiger charge is -2.44. The van der Waals surface area contributed by atoms with E-state index >= 15 is 0 Å². The largest absolute Gasteiger partial charge is 0.393 e. The highest BCUT2D eigenvalue weighted by atomic mass is 16.3. The number of aliphatic hydroxyl groups excluding tert-OH is 3. The Kier molecular flexibility index (Phi) is 6.63. The van der Waals surface area contributed by atoms with Gasteiger partial charge in [-0.1, -0.05) is 38.2 Å². The predicted molar refractivity (Wildman–Crippen MR) is 122 cm³/mol. The van der Waals surface area contributed by atoms with E-state index in [1.165, 1.54) is 44.9 Å². The van der Waals surface area contributed by atoms with Crippen LogP contribution in [0.3, 0.4) is 0 Å². The number of hydrogen-bond acceptors (Lipinski definition) is 3. The first kappa shape index (κ1) is 22.3. The Hall–Kier alpha value is -0.900. The fraction of sp³-hybridized carbons (Fsp3) is 0.778. The number of aliphatic hydroxyl groups is 3. The minimum absolute atomic E-state index is 0.0693. The summed E-state index contributed by atoms with van der Waals surface area (Å²) in [6.07, 6.45) is 15.2. The second-order valence-corrected chi connectivity index (χ2v) is 11.1. The first-order chi connectivity index (χ1) is 14.3. The van der Waals surface area contributed by atoms with Crippen molar-refractivity contribution in [1.29, 1.82) is 0 Å². The lowest BCUT2D eigenvalue weighted by atomic mass is 9.60. The van der Waals surface area contributed by atoms with Crippen molar-refractivity contribution in [3.63, 3.8) is 0 Å². The maximum absolute atomic E-state index is 10.3. The average molecular weight is 415 g/mol. The van der Waals surface area contributed by atoms with Gasteiger partial charge in [0.2, 0.25) is 0 Å². The zero-order chi connectivity index (χ0) is 21.5. The standard InChI is InChI=1S/C27H42O3/c1-17(6-13-25(29)20-8-9-20)23-11-12-24-19(5-4-14-27(23,24)3)7-10-21-15-22(28)16-26(30)18(21)2/h7,10,17,20,22-26,28-30H,2,4-6,8-9,11-16H2,1,3H3/b19-7+,21-10-/t17-,22-,23?,24?,25-,26+,27+/m1/s1. The van der Waals surface area contributed by atoms with Gasteiger partial charge < -0.3 is 15.3 Å². The molecule has 2 unspecified atom stereocenters. The molecule has 0 aromatic heterocycles. The van der Waals surface area contributed by atoms with E-state index in [0.29, 0.717) is 36.0 Å². The van der Waals surface area contributed by atoms with Crippen LogP contribution in [0.25, 0.3) is 0 Å². The Bertz CT molecular complexity index is 703. The van der Waals surface area contributed by atoms with Gasteiger partial charge in [-0.2, -0.15) is 0 Å². The Morgan fingerprint density at radius 2 is 1.90 bits per heavy atom. The summed E-state index contributed by atoms with van der Waals surface area (Å²) in [6.45, 7) is 9.01. The monoisotopic (exact) mass is 414 g/mol. The van der Waals surface area contributed by atoms with Crippen LogP contribution in [0.5, 0.6) is 0 Å². The third-order valence-corrected chi connectivity index (χ3v) is 9.07. The SMILES string of the molecule is C=C1/C(=C\C=C2/CCC[C@]3(C)C2CCC3[C@H](C)CC[C@@H](O)C2CC2)C[C@@H](O)C[C@@H]1O. The third kappa shape index (κ3) is 4.49. The number of fused-ring (bicyclic) bond motifs is 1. The van der Waals surface area contributed by atoms with E-state index in [0.717, 1.165) is 29.9 Å². The van der Waals surface area contributed by atoms with Crippen LogP contribution in [0.1, 0.15) is 84.5 Å². The Morgan fingerprint density at radius 1 is 1.13 bits per heavy atom. The van der Waals surface area contributed by atoms with Gasteiger partial charge in [0.1, 0.15) is 0 Å². The van der Waals surface area contributed by atoms with Crippen LogP contribution in [-0.4, -0.2) is 33.6 Å². The fourth-order valence-electron chi connectivity index (χ4n) is 7.03. The van der Waals surface area contributed by atoms with E-state index in [1.54, 1.807) is 5.57 Å². The van der Waals surface area contributed by atoms with Crippen molar-refractivity contribution >= 4 is 0 Å². The molecule has 0 radical (unpaired) electrons. The van der Waals surface area contributed by atoms with Gasteiger partial charge in [0.25, 0.3) is 0 Å². The van der Waals surface area contributed by atoms with Gasteiger partial charge in [-0.15, -0.1) is 0 Å². The molecule has 4 fully saturated rings. The molecule has 4 saturated carbocycles. The summed E-state index contributed by atoms with van der Waals surface area (Å²) in [5, 5.41) is 30.5. The molecule has 4 rings (SSSR count). The molecule has 0 heterocycles. The topological polar surface area (TPSA) is 60.7 Å². The molecular weight excluding hydrogens is 372 g/mol. The van der Waals surface area contributed by atoms with Crippen LogP contribution >= 0.6 is 0 Å². The molecule has 0 saturated heterocycles. The molecule has 4 aliphatic rings. The van der Waals surface area contributed by atoms with Crippen LogP contribution in [0.2, 0.25) is 0 Å². The molecule has 0 amide bonds. The molecule has 4 aliphatic carbocycles. The van der Waals surface area contributed by atoms with E-state index in [4.69, 9.17) is 0 Å². The number of hydrogen-bond donors (Lipinski definition) is 3. The van der Waals surface area contributed by atoms with Gasteiger partial charge in [0, 0.05) is 6.42 Å². The molecule has 0 aromatic carbocycles. The highest BCUT2D eigenvalue weighted by molar-refractivity contribution is 5.38. The van der Waals surface area contributed by atoms with Crippen molar-refractivity contribution in [1.82, 2.24) is 0 Å². The van der Waals surface area contributed by atoms with Gasteiger partial charge in [0.15, 0.2) is 0 Å². The van der Waals surface area contributed by atoms with E-state index in [1.807, 2.05) is 0 Å². The van der Waals surface area contributed by atoms with Gasteiger partial charge >= 0.3 is 0 Å². The van der Waals surface area contributed by atoms with E-state index < -0.39 is 12.2 Å². The first-order valence-electron chi connectivity index (χ1n) is 12.4. The molecule has 0 bridgehead atoms. The van der Waals surface area contributed by atoms with Gasteiger partial charge in [-0.05, 0) is 104 Å². The summed E-state index contributed by atoms with van der Waals surface area (Å²) in [6, 6.07) is 0. The number of rotatable bonds is 6. The summed E-state index contributed by atoms with van der Waals surface area (Å²) < 4.78 is 0. The summed E-state index contributed by atoms with van der Waals surface area (Å²) in [4.78, 5) is 0. The van der Waals surface area contributed by atoms with Crippen molar-refractivity contribution in [2.45, 2.75) is 103 Å². The Labute approximate surface area is 183 Å². The van der Waals surface area contributed by atoms with Crippen LogP contribution in [-0.2, 0) is 0 Å². The second kappa shape index (κ2) is 8.92. The van der Waals surface area contributed by atoms with Crippen molar-refractivity contribution < 1.29 is 15.3 Å². The van der Waals surface area contributed by atoms with Gasteiger partial charge in [-0.3, -0.25) is 0 Å². The summed E-state index contributed by atoms with van der Waals surface area (Å²) in [5.41, 5.74) is 3.72. The van der Waals surface area contributed by atoms with Crippen molar-refractivity contribution in [2.24, 2.45) is 29.1 Å². The molecule has 0 spiro atoms. The zero-order valence-corrected chi connectivity index (χ0v) is 19.0. The minimum Gasteiger partial charge on any atom is -0.393 e. The van der Waals surface area contributed by atoms with Gasteiger partial charge in [-0.25, -0.2) is 0 Å². The van der Waals surface area contributed by atoms with Crippen LogP contribution in [0.4, 0.5) is 0 Å². The second-order valence-electron chi connectivity index (χ2n) is 11.1. The maximum atomic E-state index is 10.3. The molecular formula is C27H42O3. The van der Waals surface area contributed by atoms with Crippen molar-refractivity contribution in [2.75, 3.05) is 0 Å². The van der Waals surface area contributed by atoms with Crippen LogP contribution in [0.15, 0.2) is 35.5 Å². The quantitative estimate of drug-likeness (QED) is 0.552. The molecule has 0 aliphatic heterocycles. The van der Waals surface area contributed by atoms with Crippen molar-refractivity contribution in [3.8, 4) is 0 Å². The van der Waals surface area contributed by atoms with Crippen LogP contribution < -0.4 is 0 Å². The predicted octanol–water partition coefficient (Wildman–Crippen LogP) is 5.31. The molecule has 3 nitrogen and oxygen atoms in total. The average Bonchev–Trinajstić information content (AvgIpc) is 3.49. The Balaban J connectivity index is 1.44. The summed E-state index contributed by atoms with van der Waals surface area (Å²) in [7, 11) is 0. The van der Waals surface area contributed by atoms with Gasteiger partial charge in [0.05, 0.1) is 18.3 Å². The highest BCUT2D eigenvalue weighted by Gasteiger charge is 2.50. The normalized spacial score (nSPS) is 41.8. The van der Waals surface area contributed by atoms with E-state index in [2.05, 4.69) is 32.6 Å². The molecule has 7 atom stereocenters. The maximum Gasteiger partial charge on any atom is 0.0811 e. The van der Waals surface area contributed by atoms with Crippen LogP contribution in [0, 0.1) is 29.1 Å². The molecule has 168 valence electrons. The lowest BCUT2D eigenvalue weighted by Crippen LogP contribution is -2.36. The number of allylic oxidation sites excluding steroid dienone is 3. The third-order valence-electron chi connectivity index (χ3n) is 9.07. The van der Waals surface area contributed by atoms with Crippen molar-refractivity contribution in [3.05, 3.63) is 35.5 Å². The van der Waals surface area contributed by atoms with E-state index in [-0.39, 0.29) is 6.10 Å². The first-order valence-corrected chi connectivity index (χ1v) is 12.4. The molecule has 0 aromatic rings. The lowest BCUT2D eigenvalue weighted by molar-refractivity contribution is 0.0784. The zero-order valence-electron chi connectivity index (χ0n) is 19.0. The Morgan fingerprint density at radius 3 is 2.63 bits per heavy atom. The smallest absolute Gasteiger partial charge is 0.0811 e. The minimum atomic E-state index is -0.613. The summed E-state index contributed by atoms with van der Waals surface area (Å²) >= 11 is 0. The molecule has 3 heteroatoms. The fourth-order valence-corrected chi connectivity index (χ4v) is 7.03.